The summed E-state index contributed by atoms with van der Waals surface area (Å²) in [6.45, 7) is 3.23. The average Bonchev–Trinajstić information content (AvgIpc) is 3.16. The first-order valence-corrected chi connectivity index (χ1v) is 9.28. The molecule has 1 aromatic heterocycles. The fourth-order valence-electron chi connectivity index (χ4n) is 2.98. The molecule has 0 radical (unpaired) electrons. The van der Waals surface area contributed by atoms with E-state index < -0.39 is 11.6 Å². The Morgan fingerprint density at radius 1 is 1.11 bits per heavy atom. The number of rotatable bonds is 8. The van der Waals surface area contributed by atoms with E-state index in [0.29, 0.717) is 25.4 Å². The van der Waals surface area contributed by atoms with E-state index in [2.05, 4.69) is 4.98 Å². The maximum absolute atomic E-state index is 13.8. The zero-order valence-corrected chi connectivity index (χ0v) is 15.7. The van der Waals surface area contributed by atoms with Crippen molar-refractivity contribution >= 4 is 5.91 Å². The molecule has 1 amide bonds. The standard InChI is InChI=1S/C22H22F2N2O2/c1-2-26(13-12-16-6-4-3-5-7-16)22(27)11-10-21-25-15-20(28-21)18-9-8-17(23)14-19(18)24/h3-9,14-15H,2,10-13H2,1H3. The minimum atomic E-state index is -0.711. The van der Waals surface area contributed by atoms with Crippen LogP contribution in [0.3, 0.4) is 0 Å². The highest BCUT2D eigenvalue weighted by atomic mass is 19.1. The van der Waals surface area contributed by atoms with Gasteiger partial charge in [-0.15, -0.1) is 0 Å². The van der Waals surface area contributed by atoms with Gasteiger partial charge < -0.3 is 9.32 Å². The van der Waals surface area contributed by atoms with Crippen molar-refractivity contribution in [3.63, 3.8) is 0 Å². The summed E-state index contributed by atoms with van der Waals surface area (Å²) in [6, 6.07) is 13.3. The third-order valence-electron chi connectivity index (χ3n) is 4.55. The van der Waals surface area contributed by atoms with Crippen LogP contribution in [0.25, 0.3) is 11.3 Å². The Morgan fingerprint density at radius 3 is 2.61 bits per heavy atom. The van der Waals surface area contributed by atoms with Crippen LogP contribution in [0.1, 0.15) is 24.8 Å². The molecule has 0 aliphatic heterocycles. The first-order valence-electron chi connectivity index (χ1n) is 9.28. The van der Waals surface area contributed by atoms with E-state index >= 15 is 0 Å². The van der Waals surface area contributed by atoms with Crippen molar-refractivity contribution in [1.29, 1.82) is 0 Å². The van der Waals surface area contributed by atoms with E-state index in [1.165, 1.54) is 17.8 Å². The van der Waals surface area contributed by atoms with Gasteiger partial charge in [-0.25, -0.2) is 13.8 Å². The zero-order valence-electron chi connectivity index (χ0n) is 15.7. The van der Waals surface area contributed by atoms with Gasteiger partial charge in [0, 0.05) is 32.0 Å². The number of aromatic nitrogens is 1. The SMILES string of the molecule is CCN(CCc1ccccc1)C(=O)CCc1ncc(-c2ccc(F)cc2F)o1. The van der Waals surface area contributed by atoms with Crippen molar-refractivity contribution in [2.45, 2.75) is 26.2 Å². The van der Waals surface area contributed by atoms with Crippen molar-refractivity contribution in [3.05, 3.63) is 77.8 Å². The number of carbonyl (C=O) groups is 1. The minimum absolute atomic E-state index is 0.0196. The molecule has 0 aliphatic rings. The van der Waals surface area contributed by atoms with E-state index in [1.807, 2.05) is 37.3 Å². The number of aryl methyl sites for hydroxylation is 1. The van der Waals surface area contributed by atoms with Gasteiger partial charge in [-0.3, -0.25) is 4.79 Å². The number of carbonyl (C=O) groups excluding carboxylic acids is 1. The Hall–Kier alpha value is -3.02. The van der Waals surface area contributed by atoms with Gasteiger partial charge in [-0.1, -0.05) is 30.3 Å². The molecule has 0 fully saturated rings. The van der Waals surface area contributed by atoms with Crippen LogP contribution >= 0.6 is 0 Å². The number of likely N-dealkylation sites (N-methyl/N-ethyl adjacent to an activating group) is 1. The molecule has 1 heterocycles. The van der Waals surface area contributed by atoms with Crippen LogP contribution < -0.4 is 0 Å². The van der Waals surface area contributed by atoms with Crippen molar-refractivity contribution in [2.75, 3.05) is 13.1 Å². The number of nitrogens with zero attached hydrogens (tertiary/aromatic N) is 2. The van der Waals surface area contributed by atoms with E-state index in [0.717, 1.165) is 18.6 Å². The Labute approximate surface area is 162 Å². The maximum Gasteiger partial charge on any atom is 0.223 e. The summed E-state index contributed by atoms with van der Waals surface area (Å²) in [5, 5.41) is 0. The molecule has 146 valence electrons. The topological polar surface area (TPSA) is 46.3 Å². The number of amides is 1. The number of benzene rings is 2. The summed E-state index contributed by atoms with van der Waals surface area (Å²) < 4.78 is 32.4. The van der Waals surface area contributed by atoms with Crippen LogP contribution in [0, 0.1) is 11.6 Å². The molecule has 28 heavy (non-hydrogen) atoms. The Bertz CT molecular complexity index is 925. The lowest BCUT2D eigenvalue weighted by atomic mass is 10.1. The summed E-state index contributed by atoms with van der Waals surface area (Å²) in [4.78, 5) is 18.4. The van der Waals surface area contributed by atoms with Gasteiger partial charge in [0.2, 0.25) is 5.91 Å². The van der Waals surface area contributed by atoms with Crippen LogP contribution in [0.5, 0.6) is 0 Å². The highest BCUT2D eigenvalue weighted by Gasteiger charge is 2.15. The molecule has 0 N–H and O–H groups in total. The predicted molar refractivity (Wildman–Crippen MR) is 103 cm³/mol. The first kappa shape index (κ1) is 19.7. The summed E-state index contributed by atoms with van der Waals surface area (Å²) in [6.07, 6.45) is 2.77. The molecule has 0 spiro atoms. The molecule has 3 rings (SSSR count). The first-order chi connectivity index (χ1) is 13.6. The van der Waals surface area contributed by atoms with Gasteiger partial charge in [-0.05, 0) is 31.0 Å². The molecule has 4 nitrogen and oxygen atoms in total. The Kier molecular flexibility index (Phi) is 6.53. The highest BCUT2D eigenvalue weighted by Crippen LogP contribution is 2.24. The highest BCUT2D eigenvalue weighted by molar-refractivity contribution is 5.76. The monoisotopic (exact) mass is 384 g/mol. The lowest BCUT2D eigenvalue weighted by Crippen LogP contribution is -2.32. The number of halogens is 2. The molecular formula is C22H22F2N2O2. The second kappa shape index (κ2) is 9.26. The van der Waals surface area contributed by atoms with Crippen LogP contribution in [0.15, 0.2) is 59.1 Å². The summed E-state index contributed by atoms with van der Waals surface area (Å²) in [7, 11) is 0. The molecule has 0 saturated carbocycles. The molecule has 0 unspecified atom stereocenters. The fourth-order valence-corrected chi connectivity index (χ4v) is 2.98. The second-order valence-corrected chi connectivity index (χ2v) is 6.45. The van der Waals surface area contributed by atoms with Crippen molar-refractivity contribution in [3.8, 4) is 11.3 Å². The predicted octanol–water partition coefficient (Wildman–Crippen LogP) is 4.64. The van der Waals surface area contributed by atoms with Crippen LogP contribution in [0.2, 0.25) is 0 Å². The zero-order chi connectivity index (χ0) is 19.9. The Morgan fingerprint density at radius 2 is 1.89 bits per heavy atom. The molecule has 0 atom stereocenters. The van der Waals surface area contributed by atoms with Gasteiger partial charge in [0.25, 0.3) is 0 Å². The third kappa shape index (κ3) is 5.03. The van der Waals surface area contributed by atoms with E-state index in [4.69, 9.17) is 4.42 Å². The largest absolute Gasteiger partial charge is 0.441 e. The lowest BCUT2D eigenvalue weighted by Gasteiger charge is -2.20. The molecule has 0 bridgehead atoms. The van der Waals surface area contributed by atoms with Gasteiger partial charge >= 0.3 is 0 Å². The minimum Gasteiger partial charge on any atom is -0.441 e. The second-order valence-electron chi connectivity index (χ2n) is 6.45. The summed E-state index contributed by atoms with van der Waals surface area (Å²) in [5.74, 6) is -0.771. The van der Waals surface area contributed by atoms with Crippen LogP contribution in [0.4, 0.5) is 8.78 Å². The quantitative estimate of drug-likeness (QED) is 0.568. The smallest absolute Gasteiger partial charge is 0.223 e. The van der Waals surface area contributed by atoms with Crippen LogP contribution in [-0.4, -0.2) is 28.9 Å². The van der Waals surface area contributed by atoms with Crippen molar-refractivity contribution in [2.24, 2.45) is 0 Å². The Balaban J connectivity index is 1.55. The molecule has 2 aromatic carbocycles. The number of oxazole rings is 1. The van der Waals surface area contributed by atoms with Gasteiger partial charge in [0.05, 0.1) is 11.8 Å². The van der Waals surface area contributed by atoms with E-state index in [1.54, 1.807) is 4.90 Å². The fraction of sp³-hybridized carbons (Fsp3) is 0.273. The lowest BCUT2D eigenvalue weighted by molar-refractivity contribution is -0.131. The maximum atomic E-state index is 13.8. The van der Waals surface area contributed by atoms with Crippen molar-refractivity contribution < 1.29 is 18.0 Å². The normalized spacial score (nSPS) is 10.8. The summed E-state index contributed by atoms with van der Waals surface area (Å²) in [5.41, 5.74) is 1.33. The van der Waals surface area contributed by atoms with Crippen LogP contribution in [-0.2, 0) is 17.6 Å². The molecular weight excluding hydrogens is 362 g/mol. The van der Waals surface area contributed by atoms with Crippen molar-refractivity contribution in [1.82, 2.24) is 9.88 Å². The average molecular weight is 384 g/mol. The van der Waals surface area contributed by atoms with E-state index in [9.17, 15) is 13.6 Å². The summed E-state index contributed by atoms with van der Waals surface area (Å²) >= 11 is 0. The molecule has 0 saturated heterocycles. The molecule has 6 heteroatoms. The van der Waals surface area contributed by atoms with Gasteiger partial charge in [0.15, 0.2) is 11.7 Å². The van der Waals surface area contributed by atoms with Gasteiger partial charge in [0.1, 0.15) is 11.6 Å². The number of hydrogen-bond donors (Lipinski definition) is 0. The van der Waals surface area contributed by atoms with Gasteiger partial charge in [-0.2, -0.15) is 0 Å². The molecule has 3 aromatic rings. The third-order valence-corrected chi connectivity index (χ3v) is 4.55. The number of hydrogen-bond acceptors (Lipinski definition) is 3. The molecule has 0 aliphatic carbocycles. The van der Waals surface area contributed by atoms with E-state index in [-0.39, 0.29) is 23.7 Å².